The van der Waals surface area contributed by atoms with Gasteiger partial charge in [-0.3, -0.25) is 9.80 Å². The maximum Gasteiger partial charge on any atom is 0.322 e. The molecule has 0 bridgehead atoms. The summed E-state index contributed by atoms with van der Waals surface area (Å²) in [5, 5.41) is 19.3. The van der Waals surface area contributed by atoms with Crippen molar-refractivity contribution in [2.24, 2.45) is 10.3 Å². The molecule has 0 aliphatic rings. The zero-order valence-electron chi connectivity index (χ0n) is 15.8. The van der Waals surface area contributed by atoms with Crippen molar-refractivity contribution in [1.82, 2.24) is 9.73 Å². The number of hydrogen-bond donors (Lipinski definition) is 2. The molecule has 0 spiro atoms. The summed E-state index contributed by atoms with van der Waals surface area (Å²) in [5.41, 5.74) is 1.23. The lowest BCUT2D eigenvalue weighted by atomic mass is 10.1. The van der Waals surface area contributed by atoms with Gasteiger partial charge in [0.1, 0.15) is 6.04 Å². The van der Waals surface area contributed by atoms with Crippen molar-refractivity contribution in [2.45, 2.75) is 31.2 Å². The molecule has 0 saturated carbocycles. The summed E-state index contributed by atoms with van der Waals surface area (Å²) >= 11 is 0. The first-order chi connectivity index (χ1) is 13.4. The third kappa shape index (κ3) is 6.14. The van der Waals surface area contributed by atoms with Crippen LogP contribution in [-0.4, -0.2) is 43.6 Å². The van der Waals surface area contributed by atoms with Crippen LogP contribution in [0.5, 0.6) is 0 Å². The largest absolute Gasteiger partial charge is 0.480 e. The number of carbonyl (C=O) groups is 1. The number of hydrogen-bond acceptors (Lipinski definition) is 5. The zero-order chi connectivity index (χ0) is 20.6. The second-order valence-corrected chi connectivity index (χ2v) is 7.74. The summed E-state index contributed by atoms with van der Waals surface area (Å²) in [4.78, 5) is 11.5. The highest BCUT2D eigenvalue weighted by atomic mass is 32.2. The van der Waals surface area contributed by atoms with Crippen molar-refractivity contribution in [2.75, 3.05) is 13.1 Å². The summed E-state index contributed by atoms with van der Waals surface area (Å²) in [6.07, 6.45) is 0.0472. The van der Waals surface area contributed by atoms with Crippen LogP contribution < -0.4 is 4.72 Å². The van der Waals surface area contributed by atoms with Gasteiger partial charge in [-0.05, 0) is 50.1 Å². The van der Waals surface area contributed by atoms with Gasteiger partial charge in [0.25, 0.3) is 0 Å². The summed E-state index contributed by atoms with van der Waals surface area (Å²) in [6, 6.07) is 13.4. The number of aliphatic carboxylic acids is 1. The topological polar surface area (TPSA) is 111 Å². The normalized spacial score (nSPS) is 12.8. The SMILES string of the molecule is CCN(CC)N=Nc1ccc(S(=O)(=O)N[C@@H](Cc2ccccc2)C(=O)O)cc1. The summed E-state index contributed by atoms with van der Waals surface area (Å²) in [5.74, 6) is -1.24. The molecule has 0 heterocycles. The molecule has 0 unspecified atom stereocenters. The molecule has 2 N–H and O–H groups in total. The number of carboxylic acids is 1. The molecule has 28 heavy (non-hydrogen) atoms. The van der Waals surface area contributed by atoms with Crippen molar-refractivity contribution in [3.63, 3.8) is 0 Å². The lowest BCUT2D eigenvalue weighted by molar-refractivity contribution is -0.138. The van der Waals surface area contributed by atoms with Gasteiger partial charge in [0, 0.05) is 13.1 Å². The molecule has 8 nitrogen and oxygen atoms in total. The first kappa shape index (κ1) is 21.5. The Morgan fingerprint density at radius 2 is 1.68 bits per heavy atom. The van der Waals surface area contributed by atoms with Gasteiger partial charge in [0.15, 0.2) is 0 Å². The summed E-state index contributed by atoms with van der Waals surface area (Å²) in [7, 11) is -4.00. The molecule has 2 aromatic carbocycles. The minimum absolute atomic E-state index is 0.0337. The van der Waals surface area contributed by atoms with E-state index in [2.05, 4.69) is 15.1 Å². The number of rotatable bonds is 10. The average molecular weight is 404 g/mol. The highest BCUT2D eigenvalue weighted by molar-refractivity contribution is 7.89. The number of nitrogens with zero attached hydrogens (tertiary/aromatic N) is 3. The van der Waals surface area contributed by atoms with Gasteiger partial charge >= 0.3 is 5.97 Å². The first-order valence-electron chi connectivity index (χ1n) is 8.91. The van der Waals surface area contributed by atoms with Gasteiger partial charge in [0.05, 0.1) is 10.6 Å². The molecule has 9 heteroatoms. The molecule has 0 saturated heterocycles. The maximum atomic E-state index is 12.6. The van der Waals surface area contributed by atoms with Crippen LogP contribution in [0.4, 0.5) is 5.69 Å². The minimum Gasteiger partial charge on any atom is -0.480 e. The Hall–Kier alpha value is -2.78. The van der Waals surface area contributed by atoms with Crippen LogP contribution >= 0.6 is 0 Å². The quantitative estimate of drug-likeness (QED) is 0.467. The van der Waals surface area contributed by atoms with Crippen molar-refractivity contribution in [3.05, 3.63) is 60.2 Å². The maximum absolute atomic E-state index is 12.6. The Bertz CT molecular complexity index is 895. The fourth-order valence-corrected chi connectivity index (χ4v) is 3.63. The van der Waals surface area contributed by atoms with Gasteiger partial charge in [0.2, 0.25) is 10.0 Å². The average Bonchev–Trinajstić information content (AvgIpc) is 2.69. The third-order valence-electron chi connectivity index (χ3n) is 4.04. The summed E-state index contributed by atoms with van der Waals surface area (Å²) < 4.78 is 27.4. The number of carboxylic acid groups (broad SMARTS) is 1. The van der Waals surface area contributed by atoms with E-state index in [4.69, 9.17) is 0 Å². The van der Waals surface area contributed by atoms with E-state index in [1.54, 1.807) is 29.3 Å². The molecule has 2 aromatic rings. The number of benzene rings is 2. The standard InChI is InChI=1S/C19H24N4O4S/c1-3-23(4-2)22-20-16-10-12-17(13-11-16)28(26,27)21-18(19(24)25)14-15-8-6-5-7-9-15/h5-13,18,21H,3-4,14H2,1-2H3,(H,24,25)/t18-/m0/s1. The molecule has 0 amide bonds. The van der Waals surface area contributed by atoms with E-state index in [0.717, 1.165) is 5.56 Å². The van der Waals surface area contributed by atoms with Crippen LogP contribution in [0.25, 0.3) is 0 Å². The van der Waals surface area contributed by atoms with Crippen LogP contribution in [0.15, 0.2) is 69.8 Å². The number of sulfonamides is 1. The second-order valence-electron chi connectivity index (χ2n) is 6.02. The Balaban J connectivity index is 2.13. The van der Waals surface area contributed by atoms with Gasteiger partial charge in [-0.25, -0.2) is 8.42 Å². The van der Waals surface area contributed by atoms with Crippen LogP contribution in [0.3, 0.4) is 0 Å². The van der Waals surface area contributed by atoms with E-state index < -0.39 is 22.0 Å². The fourth-order valence-electron chi connectivity index (χ4n) is 2.44. The van der Waals surface area contributed by atoms with E-state index >= 15 is 0 Å². The van der Waals surface area contributed by atoms with Crippen molar-refractivity contribution in [1.29, 1.82) is 0 Å². The Labute approximate surface area is 164 Å². The molecule has 1 atom stereocenters. The van der Waals surface area contributed by atoms with Gasteiger partial charge in [-0.15, -0.1) is 5.11 Å². The molecule has 0 radical (unpaired) electrons. The lowest BCUT2D eigenvalue weighted by Gasteiger charge is -2.15. The first-order valence-corrected chi connectivity index (χ1v) is 10.4. The van der Waals surface area contributed by atoms with Crippen molar-refractivity contribution in [3.8, 4) is 0 Å². The fraction of sp³-hybridized carbons (Fsp3) is 0.316. The van der Waals surface area contributed by atoms with E-state index in [0.29, 0.717) is 18.8 Å². The Morgan fingerprint density at radius 3 is 2.21 bits per heavy atom. The molecule has 0 aromatic heterocycles. The highest BCUT2D eigenvalue weighted by Gasteiger charge is 2.25. The molecular formula is C19H24N4O4S. The van der Waals surface area contributed by atoms with Crippen LogP contribution in [0.2, 0.25) is 0 Å². The van der Waals surface area contributed by atoms with Crippen LogP contribution in [-0.2, 0) is 21.2 Å². The third-order valence-corrected chi connectivity index (χ3v) is 5.53. The van der Waals surface area contributed by atoms with Crippen LogP contribution in [0.1, 0.15) is 19.4 Å². The smallest absolute Gasteiger partial charge is 0.322 e. The van der Waals surface area contributed by atoms with Crippen LogP contribution in [0, 0.1) is 0 Å². The van der Waals surface area contributed by atoms with Gasteiger partial charge < -0.3 is 5.11 Å². The molecule has 2 rings (SSSR count). The van der Waals surface area contributed by atoms with E-state index in [9.17, 15) is 18.3 Å². The monoisotopic (exact) mass is 404 g/mol. The molecule has 0 fully saturated rings. The summed E-state index contributed by atoms with van der Waals surface area (Å²) in [6.45, 7) is 5.35. The predicted octanol–water partition coefficient (Wildman–Crippen LogP) is 3.00. The molecule has 150 valence electrons. The van der Waals surface area contributed by atoms with E-state index in [-0.39, 0.29) is 11.3 Å². The Morgan fingerprint density at radius 1 is 1.07 bits per heavy atom. The minimum atomic E-state index is -4.00. The van der Waals surface area contributed by atoms with Crippen molar-refractivity contribution >= 4 is 21.7 Å². The molecule has 0 aliphatic heterocycles. The van der Waals surface area contributed by atoms with E-state index in [1.165, 1.54) is 24.3 Å². The number of nitrogens with one attached hydrogen (secondary N) is 1. The van der Waals surface area contributed by atoms with E-state index in [1.807, 2.05) is 19.9 Å². The highest BCUT2D eigenvalue weighted by Crippen LogP contribution is 2.18. The Kier molecular flexibility index (Phi) is 7.65. The molecular weight excluding hydrogens is 380 g/mol. The zero-order valence-corrected chi connectivity index (χ0v) is 16.6. The lowest BCUT2D eigenvalue weighted by Crippen LogP contribution is -2.42. The van der Waals surface area contributed by atoms with Gasteiger partial charge in [-0.2, -0.15) is 4.72 Å². The van der Waals surface area contributed by atoms with Crippen molar-refractivity contribution < 1.29 is 18.3 Å². The predicted molar refractivity (Wildman–Crippen MR) is 106 cm³/mol. The second kappa shape index (κ2) is 9.95. The molecule has 0 aliphatic carbocycles. The van der Waals surface area contributed by atoms with Gasteiger partial charge in [-0.1, -0.05) is 35.6 Å².